The lowest BCUT2D eigenvalue weighted by Gasteiger charge is -1.91. The second kappa shape index (κ2) is 2.26. The van der Waals surface area contributed by atoms with E-state index in [0.717, 1.165) is 17.9 Å². The van der Waals surface area contributed by atoms with Crippen LogP contribution in [0.15, 0.2) is 4.42 Å². The van der Waals surface area contributed by atoms with E-state index in [1.165, 1.54) is 12.8 Å². The van der Waals surface area contributed by atoms with Gasteiger partial charge in [0.05, 0.1) is 5.69 Å². The molecule has 0 bridgehead atoms. The molecule has 60 valence electrons. The molecule has 1 aromatic heterocycles. The first-order chi connectivity index (χ1) is 5.31. The van der Waals surface area contributed by atoms with Gasteiger partial charge in [-0.25, -0.2) is 0 Å². The van der Waals surface area contributed by atoms with E-state index in [2.05, 4.69) is 11.9 Å². The molecule has 0 aromatic carbocycles. The number of oxazole rings is 1. The highest BCUT2D eigenvalue weighted by molar-refractivity contribution is 5.26. The lowest BCUT2D eigenvalue weighted by molar-refractivity contribution is 0.526. The van der Waals surface area contributed by atoms with Crippen molar-refractivity contribution in [1.82, 2.24) is 4.98 Å². The minimum absolute atomic E-state index is 0.323. The average Bonchev–Trinajstić information content (AvgIpc) is 2.75. The van der Waals surface area contributed by atoms with Gasteiger partial charge in [0.1, 0.15) is 5.76 Å². The fourth-order valence-electron chi connectivity index (χ4n) is 1.31. The van der Waals surface area contributed by atoms with Crippen LogP contribution in [-0.2, 0) is 6.42 Å². The van der Waals surface area contributed by atoms with E-state index in [-0.39, 0.29) is 0 Å². The lowest BCUT2D eigenvalue weighted by Crippen LogP contribution is -1.86. The summed E-state index contributed by atoms with van der Waals surface area (Å²) in [4.78, 5) is 4.15. The molecule has 2 N–H and O–H groups in total. The molecule has 0 aliphatic heterocycles. The van der Waals surface area contributed by atoms with E-state index in [0.29, 0.717) is 11.9 Å². The molecule has 3 nitrogen and oxygen atoms in total. The molecule has 0 atom stereocenters. The van der Waals surface area contributed by atoms with Crippen LogP contribution in [0.4, 0.5) is 6.01 Å². The third-order valence-corrected chi connectivity index (χ3v) is 2.03. The molecule has 0 spiro atoms. The second-order valence-electron chi connectivity index (χ2n) is 2.99. The lowest BCUT2D eigenvalue weighted by atomic mass is 10.2. The molecule has 1 fully saturated rings. The van der Waals surface area contributed by atoms with Gasteiger partial charge in [0.25, 0.3) is 6.01 Å². The van der Waals surface area contributed by atoms with E-state index in [9.17, 15) is 0 Å². The molecule has 0 radical (unpaired) electrons. The molecule has 1 aliphatic carbocycles. The SMILES string of the molecule is CCc1oc(N)nc1C1CC1. The predicted molar refractivity (Wildman–Crippen MR) is 42.3 cm³/mol. The van der Waals surface area contributed by atoms with Gasteiger partial charge in [-0.3, -0.25) is 0 Å². The smallest absolute Gasteiger partial charge is 0.292 e. The fourth-order valence-corrected chi connectivity index (χ4v) is 1.31. The maximum atomic E-state index is 5.44. The minimum atomic E-state index is 0.323. The van der Waals surface area contributed by atoms with Crippen LogP contribution in [0.5, 0.6) is 0 Å². The van der Waals surface area contributed by atoms with E-state index in [1.807, 2.05) is 0 Å². The number of nitrogen functional groups attached to an aromatic ring is 1. The van der Waals surface area contributed by atoms with Gasteiger partial charge in [-0.2, -0.15) is 4.98 Å². The standard InChI is InChI=1S/C8H12N2O/c1-2-6-7(5-3-4-5)10-8(9)11-6/h5H,2-4H2,1H3,(H2,9,10). The van der Waals surface area contributed by atoms with Gasteiger partial charge >= 0.3 is 0 Å². The number of aromatic nitrogens is 1. The van der Waals surface area contributed by atoms with Crippen molar-refractivity contribution in [2.24, 2.45) is 0 Å². The minimum Gasteiger partial charge on any atom is -0.429 e. The zero-order valence-corrected chi connectivity index (χ0v) is 6.63. The summed E-state index contributed by atoms with van der Waals surface area (Å²) in [6, 6.07) is 0.323. The van der Waals surface area contributed by atoms with E-state index >= 15 is 0 Å². The fraction of sp³-hybridized carbons (Fsp3) is 0.625. The van der Waals surface area contributed by atoms with Gasteiger partial charge in [0.2, 0.25) is 0 Å². The number of rotatable bonds is 2. The first-order valence-corrected chi connectivity index (χ1v) is 4.06. The Hall–Kier alpha value is -0.990. The Kier molecular flexibility index (Phi) is 1.37. The van der Waals surface area contributed by atoms with Gasteiger partial charge in [-0.05, 0) is 12.8 Å². The summed E-state index contributed by atoms with van der Waals surface area (Å²) in [6.07, 6.45) is 3.40. The van der Waals surface area contributed by atoms with Gasteiger partial charge in [-0.15, -0.1) is 0 Å². The Balaban J connectivity index is 2.34. The normalized spacial score (nSPS) is 17.2. The van der Waals surface area contributed by atoms with Crippen LogP contribution in [0.3, 0.4) is 0 Å². The monoisotopic (exact) mass is 152 g/mol. The summed E-state index contributed by atoms with van der Waals surface area (Å²) in [5.74, 6) is 1.62. The molecule has 1 saturated carbocycles. The summed E-state index contributed by atoms with van der Waals surface area (Å²) in [5, 5.41) is 0. The van der Waals surface area contributed by atoms with Gasteiger partial charge in [-0.1, -0.05) is 6.92 Å². The highest BCUT2D eigenvalue weighted by atomic mass is 16.4. The largest absolute Gasteiger partial charge is 0.429 e. The molecule has 0 amide bonds. The first-order valence-electron chi connectivity index (χ1n) is 4.06. The number of nitrogens with zero attached hydrogens (tertiary/aromatic N) is 1. The summed E-state index contributed by atoms with van der Waals surface area (Å²) in [7, 11) is 0. The summed E-state index contributed by atoms with van der Waals surface area (Å²) in [6.45, 7) is 2.06. The van der Waals surface area contributed by atoms with Crippen molar-refractivity contribution in [3.8, 4) is 0 Å². The zero-order chi connectivity index (χ0) is 7.84. The molecule has 0 unspecified atom stereocenters. The van der Waals surface area contributed by atoms with E-state index in [4.69, 9.17) is 10.2 Å². The predicted octanol–water partition coefficient (Wildman–Crippen LogP) is 1.70. The molecule has 0 saturated heterocycles. The molecule has 1 aromatic rings. The van der Waals surface area contributed by atoms with Gasteiger partial charge < -0.3 is 10.2 Å². The molecular weight excluding hydrogens is 140 g/mol. The van der Waals surface area contributed by atoms with Crippen molar-refractivity contribution < 1.29 is 4.42 Å². The second-order valence-corrected chi connectivity index (χ2v) is 2.99. The highest BCUT2D eigenvalue weighted by Crippen LogP contribution is 2.41. The summed E-state index contributed by atoms with van der Waals surface area (Å²) in [5.41, 5.74) is 6.54. The van der Waals surface area contributed by atoms with Crippen LogP contribution >= 0.6 is 0 Å². The quantitative estimate of drug-likeness (QED) is 0.701. The van der Waals surface area contributed by atoms with Gasteiger partial charge in [0, 0.05) is 12.3 Å². The van der Waals surface area contributed by atoms with E-state index < -0.39 is 0 Å². The van der Waals surface area contributed by atoms with Crippen LogP contribution in [0, 0.1) is 0 Å². The number of hydrogen-bond acceptors (Lipinski definition) is 3. The summed E-state index contributed by atoms with van der Waals surface area (Å²) < 4.78 is 5.23. The van der Waals surface area contributed by atoms with Crippen LogP contribution in [-0.4, -0.2) is 4.98 Å². The summed E-state index contributed by atoms with van der Waals surface area (Å²) >= 11 is 0. The van der Waals surface area contributed by atoms with Crippen molar-refractivity contribution in [2.75, 3.05) is 5.73 Å². The third kappa shape index (κ3) is 1.11. The molecular formula is C8H12N2O. The first kappa shape index (κ1) is 6.70. The third-order valence-electron chi connectivity index (χ3n) is 2.03. The number of nitrogens with two attached hydrogens (primary N) is 1. The molecule has 3 heteroatoms. The topological polar surface area (TPSA) is 52.0 Å². The number of hydrogen-bond donors (Lipinski definition) is 1. The Morgan fingerprint density at radius 2 is 2.36 bits per heavy atom. The average molecular weight is 152 g/mol. The number of anilines is 1. The maximum Gasteiger partial charge on any atom is 0.292 e. The highest BCUT2D eigenvalue weighted by Gasteiger charge is 2.29. The van der Waals surface area contributed by atoms with Crippen LogP contribution in [0.2, 0.25) is 0 Å². The van der Waals surface area contributed by atoms with Crippen molar-refractivity contribution in [3.63, 3.8) is 0 Å². The molecule has 1 aliphatic rings. The van der Waals surface area contributed by atoms with Crippen molar-refractivity contribution >= 4 is 6.01 Å². The number of aryl methyl sites for hydroxylation is 1. The van der Waals surface area contributed by atoms with Crippen molar-refractivity contribution in [2.45, 2.75) is 32.1 Å². The van der Waals surface area contributed by atoms with Gasteiger partial charge in [0.15, 0.2) is 0 Å². The molecule has 1 heterocycles. The maximum absolute atomic E-state index is 5.44. The zero-order valence-electron chi connectivity index (χ0n) is 6.63. The van der Waals surface area contributed by atoms with E-state index in [1.54, 1.807) is 0 Å². The Morgan fingerprint density at radius 1 is 1.64 bits per heavy atom. The Labute approximate surface area is 65.6 Å². The molecule has 11 heavy (non-hydrogen) atoms. The van der Waals surface area contributed by atoms with Crippen molar-refractivity contribution in [3.05, 3.63) is 11.5 Å². The van der Waals surface area contributed by atoms with Crippen molar-refractivity contribution in [1.29, 1.82) is 0 Å². The van der Waals surface area contributed by atoms with Crippen LogP contribution < -0.4 is 5.73 Å². The molecule has 2 rings (SSSR count). The van der Waals surface area contributed by atoms with Crippen LogP contribution in [0.1, 0.15) is 37.1 Å². The Bertz CT molecular complexity index is 263. The Morgan fingerprint density at radius 3 is 2.91 bits per heavy atom. The van der Waals surface area contributed by atoms with Crippen LogP contribution in [0.25, 0.3) is 0 Å².